The van der Waals surface area contributed by atoms with Crippen molar-refractivity contribution in [3.8, 4) is 0 Å². The van der Waals surface area contributed by atoms with Gasteiger partial charge in [-0.15, -0.1) is 0 Å². The second-order valence-electron chi connectivity index (χ2n) is 6.23. The zero-order chi connectivity index (χ0) is 19.5. The van der Waals surface area contributed by atoms with E-state index in [0.717, 1.165) is 5.56 Å². The van der Waals surface area contributed by atoms with Gasteiger partial charge in [0.05, 0.1) is 21.5 Å². The number of sulfonamides is 1. The minimum Gasteiger partial charge on any atom is -0.345 e. The highest BCUT2D eigenvalue weighted by molar-refractivity contribution is 7.89. The Balaban J connectivity index is 2.31. The first-order valence-corrected chi connectivity index (χ1v) is 9.94. The third-order valence-corrected chi connectivity index (χ3v) is 6.50. The summed E-state index contributed by atoms with van der Waals surface area (Å²) < 4.78 is 26.5. The number of hydrogen-bond acceptors (Lipinski definition) is 4. The molecule has 1 atom stereocenters. The van der Waals surface area contributed by atoms with Crippen molar-refractivity contribution in [3.05, 3.63) is 58.9 Å². The molecule has 1 N–H and O–H groups in total. The fourth-order valence-corrected chi connectivity index (χ4v) is 3.89. The molecule has 2 rings (SSSR count). The van der Waals surface area contributed by atoms with Gasteiger partial charge in [0.15, 0.2) is 0 Å². The van der Waals surface area contributed by atoms with Crippen LogP contribution in [0.25, 0.3) is 0 Å². The van der Waals surface area contributed by atoms with Crippen molar-refractivity contribution in [2.24, 2.45) is 0 Å². The Hall–Kier alpha value is -1.96. The Bertz CT molecular complexity index is 886. The van der Waals surface area contributed by atoms with Crippen LogP contribution >= 0.6 is 11.6 Å². The third kappa shape index (κ3) is 4.41. The zero-order valence-electron chi connectivity index (χ0n) is 15.1. The lowest BCUT2D eigenvalue weighted by atomic mass is 10.1. The van der Waals surface area contributed by atoms with Gasteiger partial charge in [0.2, 0.25) is 10.0 Å². The first-order valence-electron chi connectivity index (χ1n) is 8.13. The van der Waals surface area contributed by atoms with Crippen molar-refractivity contribution in [3.63, 3.8) is 0 Å². The number of aromatic nitrogens is 1. The Morgan fingerprint density at radius 3 is 2.35 bits per heavy atom. The van der Waals surface area contributed by atoms with Gasteiger partial charge in [0.25, 0.3) is 5.91 Å². The lowest BCUT2D eigenvalue weighted by Gasteiger charge is -2.21. The zero-order valence-corrected chi connectivity index (χ0v) is 16.7. The minimum atomic E-state index is -3.71. The molecule has 0 saturated heterocycles. The van der Waals surface area contributed by atoms with Gasteiger partial charge in [-0.1, -0.05) is 11.6 Å². The van der Waals surface area contributed by atoms with E-state index >= 15 is 0 Å². The Morgan fingerprint density at radius 1 is 1.15 bits per heavy atom. The van der Waals surface area contributed by atoms with Crippen LogP contribution < -0.4 is 5.32 Å². The summed E-state index contributed by atoms with van der Waals surface area (Å²) in [6, 6.07) is 7.25. The topological polar surface area (TPSA) is 79.4 Å². The normalized spacial score (nSPS) is 13.0. The maximum absolute atomic E-state index is 12.6. The maximum Gasteiger partial charge on any atom is 0.253 e. The van der Waals surface area contributed by atoms with Gasteiger partial charge in [0, 0.05) is 25.5 Å². The molecule has 6 nitrogen and oxygen atoms in total. The minimum absolute atomic E-state index is 0.0276. The van der Waals surface area contributed by atoms with E-state index in [2.05, 4.69) is 10.3 Å². The second kappa shape index (κ2) is 8.16. The number of pyridine rings is 1. The number of benzene rings is 1. The smallest absolute Gasteiger partial charge is 0.253 e. The molecule has 2 aromatic rings. The number of carbonyl (C=O) groups is 1. The summed E-state index contributed by atoms with van der Waals surface area (Å²) in [6.45, 7) is 5.38. The molecule has 26 heavy (non-hydrogen) atoms. The molecule has 1 heterocycles. The van der Waals surface area contributed by atoms with Gasteiger partial charge in [0.1, 0.15) is 0 Å². The molecular weight excluding hydrogens is 374 g/mol. The van der Waals surface area contributed by atoms with Crippen LogP contribution in [0.5, 0.6) is 0 Å². The van der Waals surface area contributed by atoms with E-state index in [0.29, 0.717) is 0 Å². The molecule has 1 amide bonds. The van der Waals surface area contributed by atoms with Crippen LogP contribution in [-0.4, -0.2) is 36.7 Å². The number of nitrogens with zero attached hydrogens (tertiary/aromatic N) is 2. The van der Waals surface area contributed by atoms with Crippen molar-refractivity contribution < 1.29 is 13.2 Å². The van der Waals surface area contributed by atoms with Crippen LogP contribution in [0.4, 0.5) is 0 Å². The molecule has 1 unspecified atom stereocenters. The highest BCUT2D eigenvalue weighted by atomic mass is 35.5. The monoisotopic (exact) mass is 395 g/mol. The SMILES string of the molecule is CC(NC(=O)c1cc(S(=O)(=O)N(C)C(C)C)ccc1Cl)c1ccncc1. The van der Waals surface area contributed by atoms with Crippen LogP contribution in [0.3, 0.4) is 0 Å². The van der Waals surface area contributed by atoms with Crippen LogP contribution in [0, 0.1) is 0 Å². The molecule has 0 bridgehead atoms. The summed E-state index contributed by atoms with van der Waals surface area (Å²) in [5.74, 6) is -0.441. The fraction of sp³-hybridized carbons (Fsp3) is 0.333. The van der Waals surface area contributed by atoms with Crippen LogP contribution in [0.1, 0.15) is 42.7 Å². The molecule has 1 aromatic carbocycles. The quantitative estimate of drug-likeness (QED) is 0.814. The molecule has 0 saturated carbocycles. The van der Waals surface area contributed by atoms with E-state index in [9.17, 15) is 13.2 Å². The molecule has 1 aromatic heterocycles. The van der Waals surface area contributed by atoms with E-state index in [4.69, 9.17) is 11.6 Å². The van der Waals surface area contributed by atoms with Gasteiger partial charge in [-0.3, -0.25) is 9.78 Å². The molecule has 0 aliphatic heterocycles. The van der Waals surface area contributed by atoms with Gasteiger partial charge >= 0.3 is 0 Å². The second-order valence-corrected chi connectivity index (χ2v) is 8.64. The Labute approximate surface area is 159 Å². The summed E-state index contributed by atoms with van der Waals surface area (Å²) in [5, 5.41) is 3.01. The highest BCUT2D eigenvalue weighted by Gasteiger charge is 2.25. The predicted octanol–water partition coefficient (Wildman–Crippen LogP) is 3.25. The van der Waals surface area contributed by atoms with Crippen molar-refractivity contribution in [1.29, 1.82) is 0 Å². The number of amides is 1. The first-order chi connectivity index (χ1) is 12.1. The summed E-state index contributed by atoms with van der Waals surface area (Å²) in [5.41, 5.74) is 0.999. The number of nitrogens with one attached hydrogen (secondary N) is 1. The van der Waals surface area contributed by atoms with Gasteiger partial charge < -0.3 is 5.32 Å². The summed E-state index contributed by atoms with van der Waals surface area (Å²) in [6.07, 6.45) is 3.28. The van der Waals surface area contributed by atoms with Crippen LogP contribution in [-0.2, 0) is 10.0 Å². The van der Waals surface area contributed by atoms with E-state index in [1.165, 1.54) is 29.6 Å². The summed E-state index contributed by atoms with van der Waals surface area (Å²) >= 11 is 6.13. The van der Waals surface area contributed by atoms with Crippen molar-refractivity contribution >= 4 is 27.5 Å². The lowest BCUT2D eigenvalue weighted by Crippen LogP contribution is -2.33. The van der Waals surface area contributed by atoms with E-state index < -0.39 is 15.9 Å². The number of rotatable bonds is 6. The fourth-order valence-electron chi connectivity index (χ4n) is 2.29. The number of hydrogen-bond donors (Lipinski definition) is 1. The number of halogens is 1. The predicted molar refractivity (Wildman–Crippen MR) is 102 cm³/mol. The van der Waals surface area contributed by atoms with Gasteiger partial charge in [-0.2, -0.15) is 4.31 Å². The van der Waals surface area contributed by atoms with E-state index in [1.54, 1.807) is 38.4 Å². The molecule has 140 valence electrons. The van der Waals surface area contributed by atoms with E-state index in [1.807, 2.05) is 6.92 Å². The molecule has 0 aliphatic rings. The van der Waals surface area contributed by atoms with Crippen molar-refractivity contribution in [2.75, 3.05) is 7.05 Å². The maximum atomic E-state index is 12.6. The van der Waals surface area contributed by atoms with Gasteiger partial charge in [-0.25, -0.2) is 8.42 Å². The molecule has 0 radical (unpaired) electrons. The third-order valence-electron chi connectivity index (χ3n) is 4.14. The molecule has 0 aliphatic carbocycles. The van der Waals surface area contributed by atoms with Crippen molar-refractivity contribution in [1.82, 2.24) is 14.6 Å². The van der Waals surface area contributed by atoms with Crippen LogP contribution in [0.2, 0.25) is 5.02 Å². The number of carbonyl (C=O) groups excluding carboxylic acids is 1. The molecule has 0 fully saturated rings. The Morgan fingerprint density at radius 2 is 1.77 bits per heavy atom. The van der Waals surface area contributed by atoms with Crippen LogP contribution in [0.15, 0.2) is 47.6 Å². The molecule has 0 spiro atoms. The van der Waals surface area contributed by atoms with E-state index in [-0.39, 0.29) is 27.6 Å². The summed E-state index contributed by atoms with van der Waals surface area (Å²) in [4.78, 5) is 16.6. The lowest BCUT2D eigenvalue weighted by molar-refractivity contribution is 0.0940. The molecular formula is C18H22ClN3O3S. The Kier molecular flexibility index (Phi) is 6.39. The van der Waals surface area contributed by atoms with Gasteiger partial charge in [-0.05, 0) is 56.7 Å². The van der Waals surface area contributed by atoms with Crippen molar-refractivity contribution in [2.45, 2.75) is 37.8 Å². The average Bonchev–Trinajstić information content (AvgIpc) is 2.61. The molecule has 8 heteroatoms. The average molecular weight is 396 g/mol. The highest BCUT2D eigenvalue weighted by Crippen LogP contribution is 2.24. The first kappa shape index (κ1) is 20.4. The summed E-state index contributed by atoms with van der Waals surface area (Å²) in [7, 11) is -2.21. The largest absolute Gasteiger partial charge is 0.345 e. The standard InChI is InChI=1S/C18H22ClN3O3S/c1-12(2)22(4)26(24,25)15-5-6-17(19)16(11-15)18(23)21-13(3)14-7-9-20-10-8-14/h5-13H,1-4H3,(H,21,23).